The third-order valence-electron chi connectivity index (χ3n) is 2.96. The van der Waals surface area contributed by atoms with Gasteiger partial charge < -0.3 is 4.74 Å². The average Bonchev–Trinajstić information content (AvgIpc) is 2.45. The van der Waals surface area contributed by atoms with Gasteiger partial charge in [0.05, 0.1) is 7.11 Å². The van der Waals surface area contributed by atoms with E-state index in [2.05, 4.69) is 15.9 Å². The highest BCUT2D eigenvalue weighted by Gasteiger charge is 2.08. The quantitative estimate of drug-likeness (QED) is 0.769. The van der Waals surface area contributed by atoms with E-state index < -0.39 is 0 Å². The molecule has 0 N–H and O–H groups in total. The summed E-state index contributed by atoms with van der Waals surface area (Å²) in [6, 6.07) is 15.3. The molecule has 0 unspecified atom stereocenters. The van der Waals surface area contributed by atoms with Crippen molar-refractivity contribution in [3.63, 3.8) is 0 Å². The number of hydrogen-bond donors (Lipinski definition) is 0. The predicted molar refractivity (Wildman–Crippen MR) is 79.8 cm³/mol. The number of halogens is 1. The van der Waals surface area contributed by atoms with Crippen molar-refractivity contribution in [1.82, 2.24) is 0 Å². The molecule has 19 heavy (non-hydrogen) atoms. The van der Waals surface area contributed by atoms with Crippen molar-refractivity contribution in [3.8, 4) is 5.75 Å². The largest absolute Gasteiger partial charge is 0.496 e. The summed E-state index contributed by atoms with van der Waals surface area (Å²) in [4.78, 5) is 12.1. The molecule has 0 heterocycles. The summed E-state index contributed by atoms with van der Waals surface area (Å²) in [5, 5.41) is 0. The number of methoxy groups -OCH3 is 1. The van der Waals surface area contributed by atoms with Gasteiger partial charge in [0.25, 0.3) is 0 Å². The molecule has 0 aliphatic heterocycles. The predicted octanol–water partition coefficient (Wildman–Crippen LogP) is 4.27. The van der Waals surface area contributed by atoms with Gasteiger partial charge in [-0.2, -0.15) is 0 Å². The van der Waals surface area contributed by atoms with Crippen molar-refractivity contribution in [3.05, 3.63) is 64.1 Å². The van der Waals surface area contributed by atoms with Gasteiger partial charge in [-0.25, -0.2) is 0 Å². The van der Waals surface area contributed by atoms with Crippen molar-refractivity contribution < 1.29 is 9.53 Å². The molecule has 0 aromatic heterocycles. The second kappa shape index (κ2) is 6.53. The summed E-state index contributed by atoms with van der Waals surface area (Å²) >= 11 is 3.38. The molecule has 98 valence electrons. The molecular weight excluding hydrogens is 304 g/mol. The van der Waals surface area contributed by atoms with Crippen LogP contribution in [0.15, 0.2) is 53.0 Å². The van der Waals surface area contributed by atoms with Gasteiger partial charge in [0.15, 0.2) is 5.78 Å². The lowest BCUT2D eigenvalue weighted by atomic mass is 10.0. The van der Waals surface area contributed by atoms with Crippen molar-refractivity contribution in [1.29, 1.82) is 0 Å². The molecule has 0 saturated carbocycles. The van der Waals surface area contributed by atoms with E-state index in [0.717, 1.165) is 21.3 Å². The van der Waals surface area contributed by atoms with Gasteiger partial charge in [0.2, 0.25) is 0 Å². The van der Waals surface area contributed by atoms with Gasteiger partial charge >= 0.3 is 0 Å². The summed E-state index contributed by atoms with van der Waals surface area (Å²) < 4.78 is 6.21. The fourth-order valence-electron chi connectivity index (χ4n) is 1.96. The smallest absolute Gasteiger partial charge is 0.163 e. The molecule has 0 bridgehead atoms. The SMILES string of the molecule is COc1ccccc1CCC(=O)c1cccc(Br)c1. The van der Waals surface area contributed by atoms with Crippen molar-refractivity contribution in [2.75, 3.05) is 7.11 Å². The van der Waals surface area contributed by atoms with Crippen LogP contribution in [0.25, 0.3) is 0 Å². The normalized spacial score (nSPS) is 10.2. The fraction of sp³-hybridized carbons (Fsp3) is 0.188. The second-order valence-corrected chi connectivity index (χ2v) is 5.16. The molecule has 3 heteroatoms. The Balaban J connectivity index is 2.04. The number of Topliss-reactive ketones (excluding diaryl/α,β-unsaturated/α-hetero) is 1. The Labute approximate surface area is 121 Å². The number of ether oxygens (including phenoxy) is 1. The molecule has 0 atom stereocenters. The standard InChI is InChI=1S/C16H15BrO2/c1-19-16-8-3-2-5-12(16)9-10-15(18)13-6-4-7-14(17)11-13/h2-8,11H,9-10H2,1H3. The summed E-state index contributed by atoms with van der Waals surface area (Å²) in [5.41, 5.74) is 1.80. The number of carbonyl (C=O) groups excluding carboxylic acids is 1. The third kappa shape index (κ3) is 3.67. The van der Waals surface area contributed by atoms with Crippen LogP contribution in [-0.4, -0.2) is 12.9 Å². The molecule has 0 aliphatic carbocycles. The first-order valence-corrected chi connectivity index (χ1v) is 6.90. The first kappa shape index (κ1) is 13.8. The molecule has 2 nitrogen and oxygen atoms in total. The Morgan fingerprint density at radius 1 is 1.16 bits per heavy atom. The zero-order valence-electron chi connectivity index (χ0n) is 10.7. The van der Waals surface area contributed by atoms with E-state index in [1.807, 2.05) is 48.5 Å². The van der Waals surface area contributed by atoms with Gasteiger partial charge in [0.1, 0.15) is 5.75 Å². The lowest BCUT2D eigenvalue weighted by molar-refractivity contribution is 0.0982. The van der Waals surface area contributed by atoms with Gasteiger partial charge in [-0.15, -0.1) is 0 Å². The Morgan fingerprint density at radius 2 is 1.95 bits per heavy atom. The molecule has 0 fully saturated rings. The molecule has 0 radical (unpaired) electrons. The first-order valence-electron chi connectivity index (χ1n) is 6.11. The minimum Gasteiger partial charge on any atom is -0.496 e. The molecule has 0 aliphatic rings. The molecule has 0 saturated heterocycles. The second-order valence-electron chi connectivity index (χ2n) is 4.25. The summed E-state index contributed by atoms with van der Waals surface area (Å²) in [5.74, 6) is 0.983. The van der Waals surface area contributed by atoms with Crippen LogP contribution < -0.4 is 4.74 Å². The van der Waals surface area contributed by atoms with Crippen LogP contribution in [0.4, 0.5) is 0 Å². The summed E-state index contributed by atoms with van der Waals surface area (Å²) in [6.45, 7) is 0. The van der Waals surface area contributed by atoms with E-state index in [9.17, 15) is 4.79 Å². The van der Waals surface area contributed by atoms with E-state index in [1.165, 1.54) is 0 Å². The maximum absolute atomic E-state index is 12.1. The van der Waals surface area contributed by atoms with Crippen LogP contribution >= 0.6 is 15.9 Å². The summed E-state index contributed by atoms with van der Waals surface area (Å²) in [7, 11) is 1.65. The maximum atomic E-state index is 12.1. The van der Waals surface area contributed by atoms with E-state index in [4.69, 9.17) is 4.74 Å². The number of aryl methyl sites for hydroxylation is 1. The minimum absolute atomic E-state index is 0.146. The Morgan fingerprint density at radius 3 is 2.68 bits per heavy atom. The topological polar surface area (TPSA) is 26.3 Å². The maximum Gasteiger partial charge on any atom is 0.163 e. The number of carbonyl (C=O) groups is 1. The lowest BCUT2D eigenvalue weighted by Gasteiger charge is -2.07. The van der Waals surface area contributed by atoms with E-state index >= 15 is 0 Å². The van der Waals surface area contributed by atoms with Crippen LogP contribution in [-0.2, 0) is 6.42 Å². The van der Waals surface area contributed by atoms with Gasteiger partial charge in [-0.05, 0) is 30.2 Å². The highest BCUT2D eigenvalue weighted by Crippen LogP contribution is 2.20. The van der Waals surface area contributed by atoms with Gasteiger partial charge in [0, 0.05) is 16.5 Å². The van der Waals surface area contributed by atoms with Gasteiger partial charge in [-0.3, -0.25) is 4.79 Å². The highest BCUT2D eigenvalue weighted by molar-refractivity contribution is 9.10. The Hall–Kier alpha value is -1.61. The van der Waals surface area contributed by atoms with E-state index in [0.29, 0.717) is 12.8 Å². The number of hydrogen-bond acceptors (Lipinski definition) is 2. The Kier molecular flexibility index (Phi) is 4.74. The highest BCUT2D eigenvalue weighted by atomic mass is 79.9. The lowest BCUT2D eigenvalue weighted by Crippen LogP contribution is -2.02. The molecule has 2 aromatic rings. The number of rotatable bonds is 5. The zero-order chi connectivity index (χ0) is 13.7. The third-order valence-corrected chi connectivity index (χ3v) is 3.45. The zero-order valence-corrected chi connectivity index (χ0v) is 12.3. The van der Waals surface area contributed by atoms with E-state index in [-0.39, 0.29) is 5.78 Å². The van der Waals surface area contributed by atoms with Crippen LogP contribution in [0.1, 0.15) is 22.3 Å². The average molecular weight is 319 g/mol. The number of benzene rings is 2. The van der Waals surface area contributed by atoms with Crippen LogP contribution in [0, 0.1) is 0 Å². The molecule has 2 rings (SSSR count). The minimum atomic E-state index is 0.146. The molecule has 0 spiro atoms. The van der Waals surface area contributed by atoms with Crippen LogP contribution in [0.2, 0.25) is 0 Å². The molecule has 2 aromatic carbocycles. The number of ketones is 1. The van der Waals surface area contributed by atoms with Gasteiger partial charge in [-0.1, -0.05) is 46.3 Å². The fourth-order valence-corrected chi connectivity index (χ4v) is 2.36. The first-order chi connectivity index (χ1) is 9.20. The van der Waals surface area contributed by atoms with Crippen molar-refractivity contribution in [2.24, 2.45) is 0 Å². The number of para-hydroxylation sites is 1. The Bertz CT molecular complexity index is 578. The van der Waals surface area contributed by atoms with Crippen LogP contribution in [0.3, 0.4) is 0 Å². The molecular formula is C16H15BrO2. The van der Waals surface area contributed by atoms with E-state index in [1.54, 1.807) is 7.11 Å². The van der Waals surface area contributed by atoms with Crippen molar-refractivity contribution in [2.45, 2.75) is 12.8 Å². The molecule has 0 amide bonds. The summed E-state index contributed by atoms with van der Waals surface area (Å²) in [6.07, 6.45) is 1.17. The van der Waals surface area contributed by atoms with Crippen molar-refractivity contribution >= 4 is 21.7 Å². The monoisotopic (exact) mass is 318 g/mol. The van der Waals surface area contributed by atoms with Crippen LogP contribution in [0.5, 0.6) is 5.75 Å².